The first-order valence-electron chi connectivity index (χ1n) is 9.62. The van der Waals surface area contributed by atoms with E-state index in [9.17, 15) is 13.2 Å². The number of sulfonamides is 1. The summed E-state index contributed by atoms with van der Waals surface area (Å²) >= 11 is 6.13. The van der Waals surface area contributed by atoms with Crippen molar-refractivity contribution >= 4 is 33.2 Å². The molecule has 1 heterocycles. The average Bonchev–Trinajstić information content (AvgIpc) is 3.22. The molecule has 0 aromatic heterocycles. The molecule has 0 saturated carbocycles. The Morgan fingerprint density at radius 3 is 2.38 bits per heavy atom. The van der Waals surface area contributed by atoms with Crippen LogP contribution in [-0.2, 0) is 27.9 Å². The number of halogens is 1. The molecule has 0 radical (unpaired) electrons. The van der Waals surface area contributed by atoms with Crippen molar-refractivity contribution in [2.24, 2.45) is 0 Å². The maximum atomic E-state index is 12.4. The van der Waals surface area contributed by atoms with E-state index >= 15 is 0 Å². The van der Waals surface area contributed by atoms with Crippen LogP contribution >= 0.6 is 11.6 Å². The summed E-state index contributed by atoms with van der Waals surface area (Å²) in [5.74, 6) is -0.355. The SMILES string of the molecule is CS(=O)(=O)N(CC(=O)NCc1ccc(N2CCCC2)cc1)Cc1ccccc1Cl. The number of hydrogen-bond acceptors (Lipinski definition) is 4. The van der Waals surface area contributed by atoms with E-state index in [4.69, 9.17) is 11.6 Å². The fourth-order valence-electron chi connectivity index (χ4n) is 3.32. The van der Waals surface area contributed by atoms with Crippen LogP contribution in [0.3, 0.4) is 0 Å². The number of carbonyl (C=O) groups excluding carboxylic acids is 1. The third kappa shape index (κ3) is 6.19. The van der Waals surface area contributed by atoms with Gasteiger partial charge in [-0.3, -0.25) is 4.79 Å². The van der Waals surface area contributed by atoms with Crippen LogP contribution in [-0.4, -0.2) is 44.5 Å². The summed E-state index contributed by atoms with van der Waals surface area (Å²) in [7, 11) is -3.56. The summed E-state index contributed by atoms with van der Waals surface area (Å²) in [5.41, 5.74) is 2.82. The van der Waals surface area contributed by atoms with Crippen LogP contribution in [0.1, 0.15) is 24.0 Å². The molecule has 0 unspecified atom stereocenters. The van der Waals surface area contributed by atoms with Crippen molar-refractivity contribution in [1.82, 2.24) is 9.62 Å². The maximum Gasteiger partial charge on any atom is 0.235 e. The lowest BCUT2D eigenvalue weighted by Crippen LogP contribution is -2.39. The first-order valence-corrected chi connectivity index (χ1v) is 11.8. The van der Waals surface area contributed by atoms with Gasteiger partial charge in [-0.05, 0) is 42.2 Å². The van der Waals surface area contributed by atoms with E-state index in [0.717, 1.165) is 29.2 Å². The second kappa shape index (κ2) is 9.61. The molecule has 0 atom stereocenters. The molecular weight excluding hydrogens is 410 g/mol. The van der Waals surface area contributed by atoms with E-state index in [2.05, 4.69) is 22.3 Å². The number of anilines is 1. The Labute approximate surface area is 177 Å². The minimum Gasteiger partial charge on any atom is -0.372 e. The van der Waals surface area contributed by atoms with Gasteiger partial charge in [0, 0.05) is 36.9 Å². The Bertz CT molecular complexity index is 942. The highest BCUT2D eigenvalue weighted by Gasteiger charge is 2.21. The van der Waals surface area contributed by atoms with Gasteiger partial charge in [0.15, 0.2) is 0 Å². The molecule has 0 spiro atoms. The molecular formula is C21H26ClN3O3S. The van der Waals surface area contributed by atoms with E-state index < -0.39 is 10.0 Å². The molecule has 1 fully saturated rings. The molecule has 156 valence electrons. The minimum atomic E-state index is -3.56. The molecule has 0 aliphatic carbocycles. The standard InChI is InChI=1S/C21H26ClN3O3S/c1-29(27,28)25(15-18-6-2-3-7-20(18)22)16-21(26)23-14-17-8-10-19(11-9-17)24-12-4-5-13-24/h2-3,6-11H,4-5,12-16H2,1H3,(H,23,26). The van der Waals surface area contributed by atoms with Crippen LogP contribution < -0.4 is 10.2 Å². The normalized spacial score (nSPS) is 14.4. The van der Waals surface area contributed by atoms with Crippen LogP contribution in [0.2, 0.25) is 5.02 Å². The monoisotopic (exact) mass is 435 g/mol. The minimum absolute atomic E-state index is 0.0520. The Balaban J connectivity index is 1.56. The molecule has 1 aliphatic rings. The molecule has 1 N–H and O–H groups in total. The predicted molar refractivity (Wildman–Crippen MR) is 116 cm³/mol. The van der Waals surface area contributed by atoms with Crippen LogP contribution in [0, 0.1) is 0 Å². The van der Waals surface area contributed by atoms with Gasteiger partial charge < -0.3 is 10.2 Å². The zero-order chi connectivity index (χ0) is 20.9. The molecule has 8 heteroatoms. The van der Waals surface area contributed by atoms with Gasteiger partial charge >= 0.3 is 0 Å². The number of hydrogen-bond donors (Lipinski definition) is 1. The van der Waals surface area contributed by atoms with Crippen molar-refractivity contribution < 1.29 is 13.2 Å². The first kappa shape index (κ1) is 21.6. The van der Waals surface area contributed by atoms with Gasteiger partial charge in [0.2, 0.25) is 15.9 Å². The molecule has 6 nitrogen and oxygen atoms in total. The van der Waals surface area contributed by atoms with Gasteiger partial charge in [-0.2, -0.15) is 4.31 Å². The fourth-order valence-corrected chi connectivity index (χ4v) is 4.24. The highest BCUT2D eigenvalue weighted by molar-refractivity contribution is 7.88. The fraction of sp³-hybridized carbons (Fsp3) is 0.381. The van der Waals surface area contributed by atoms with Crippen LogP contribution in [0.5, 0.6) is 0 Å². The molecule has 3 rings (SSSR count). The molecule has 0 bridgehead atoms. The van der Waals surface area contributed by atoms with Gasteiger partial charge in [-0.25, -0.2) is 8.42 Å². The van der Waals surface area contributed by atoms with E-state index in [0.29, 0.717) is 17.1 Å². The molecule has 1 saturated heterocycles. The third-order valence-electron chi connectivity index (χ3n) is 4.99. The third-order valence-corrected chi connectivity index (χ3v) is 6.56. The molecule has 2 aromatic rings. The Kier molecular flexibility index (Phi) is 7.16. The number of benzene rings is 2. The summed E-state index contributed by atoms with van der Waals surface area (Å²) in [6.45, 7) is 2.32. The second-order valence-electron chi connectivity index (χ2n) is 7.26. The number of carbonyl (C=O) groups is 1. The molecule has 1 amide bonds. The van der Waals surface area contributed by atoms with Gasteiger partial charge in [0.05, 0.1) is 12.8 Å². The van der Waals surface area contributed by atoms with Crippen molar-refractivity contribution in [1.29, 1.82) is 0 Å². The molecule has 1 aliphatic heterocycles. The lowest BCUT2D eigenvalue weighted by atomic mass is 10.2. The van der Waals surface area contributed by atoms with Gasteiger partial charge in [-0.1, -0.05) is 41.9 Å². The Morgan fingerprint density at radius 2 is 1.76 bits per heavy atom. The molecule has 29 heavy (non-hydrogen) atoms. The summed E-state index contributed by atoms with van der Waals surface area (Å²) in [4.78, 5) is 14.7. The summed E-state index contributed by atoms with van der Waals surface area (Å²) < 4.78 is 25.4. The largest absolute Gasteiger partial charge is 0.372 e. The maximum absolute atomic E-state index is 12.4. The van der Waals surface area contributed by atoms with E-state index in [1.165, 1.54) is 18.5 Å². The van der Waals surface area contributed by atoms with Gasteiger partial charge in [0.1, 0.15) is 0 Å². The van der Waals surface area contributed by atoms with Crippen LogP contribution in [0.15, 0.2) is 48.5 Å². The number of amides is 1. The van der Waals surface area contributed by atoms with Crippen molar-refractivity contribution in [3.8, 4) is 0 Å². The molecule has 2 aromatic carbocycles. The van der Waals surface area contributed by atoms with Crippen molar-refractivity contribution in [2.75, 3.05) is 30.8 Å². The number of nitrogens with one attached hydrogen (secondary N) is 1. The smallest absolute Gasteiger partial charge is 0.235 e. The second-order valence-corrected chi connectivity index (χ2v) is 9.65. The zero-order valence-electron chi connectivity index (χ0n) is 16.5. The van der Waals surface area contributed by atoms with Crippen molar-refractivity contribution in [3.05, 3.63) is 64.7 Å². The lowest BCUT2D eigenvalue weighted by molar-refractivity contribution is -0.121. The topological polar surface area (TPSA) is 69.7 Å². The van der Waals surface area contributed by atoms with Gasteiger partial charge in [-0.15, -0.1) is 0 Å². The summed E-state index contributed by atoms with van der Waals surface area (Å²) in [5, 5.41) is 3.27. The van der Waals surface area contributed by atoms with Crippen LogP contribution in [0.4, 0.5) is 5.69 Å². The average molecular weight is 436 g/mol. The number of nitrogens with zero attached hydrogens (tertiary/aromatic N) is 2. The predicted octanol–water partition coefficient (Wildman–Crippen LogP) is 3.02. The number of rotatable bonds is 8. The van der Waals surface area contributed by atoms with Crippen LogP contribution in [0.25, 0.3) is 0 Å². The summed E-state index contributed by atoms with van der Waals surface area (Å²) in [6, 6.07) is 15.1. The quantitative estimate of drug-likeness (QED) is 0.692. The van der Waals surface area contributed by atoms with E-state index in [1.807, 2.05) is 12.1 Å². The van der Waals surface area contributed by atoms with Gasteiger partial charge in [0.25, 0.3) is 0 Å². The lowest BCUT2D eigenvalue weighted by Gasteiger charge is -2.20. The summed E-state index contributed by atoms with van der Waals surface area (Å²) in [6.07, 6.45) is 3.54. The highest BCUT2D eigenvalue weighted by Crippen LogP contribution is 2.20. The Morgan fingerprint density at radius 1 is 1.10 bits per heavy atom. The Hall–Kier alpha value is -2.09. The van der Waals surface area contributed by atoms with Crippen molar-refractivity contribution in [2.45, 2.75) is 25.9 Å². The van der Waals surface area contributed by atoms with E-state index in [-0.39, 0.29) is 19.0 Å². The van der Waals surface area contributed by atoms with E-state index in [1.54, 1.807) is 24.3 Å². The zero-order valence-corrected chi connectivity index (χ0v) is 18.0. The highest BCUT2D eigenvalue weighted by atomic mass is 35.5. The first-order chi connectivity index (χ1) is 13.8. The van der Waals surface area contributed by atoms with Crippen molar-refractivity contribution in [3.63, 3.8) is 0 Å².